The number of aromatic nitrogens is 7. The minimum absolute atomic E-state index is 0.000668. The molecule has 3 heterocycles. The third-order valence-corrected chi connectivity index (χ3v) is 5.22. The van der Waals surface area contributed by atoms with Gasteiger partial charge in [0.15, 0.2) is 0 Å². The quantitative estimate of drug-likeness (QED) is 0.547. The van der Waals surface area contributed by atoms with E-state index >= 15 is 0 Å². The fourth-order valence-electron chi connectivity index (χ4n) is 3.59. The molecule has 0 bridgehead atoms. The lowest BCUT2D eigenvalue weighted by Gasteiger charge is -2.09. The van der Waals surface area contributed by atoms with E-state index in [0.29, 0.717) is 12.4 Å². The van der Waals surface area contributed by atoms with Crippen LogP contribution >= 0.6 is 0 Å². The van der Waals surface area contributed by atoms with Gasteiger partial charge in [0.25, 0.3) is 0 Å². The van der Waals surface area contributed by atoms with Gasteiger partial charge in [0.1, 0.15) is 0 Å². The van der Waals surface area contributed by atoms with Crippen molar-refractivity contribution in [2.75, 3.05) is 0 Å². The van der Waals surface area contributed by atoms with E-state index in [0.717, 1.165) is 46.6 Å². The highest BCUT2D eigenvalue weighted by molar-refractivity contribution is 5.79. The average molecular weight is 389 g/mol. The van der Waals surface area contributed by atoms with E-state index in [9.17, 15) is 4.79 Å². The van der Waals surface area contributed by atoms with Crippen molar-refractivity contribution < 1.29 is 0 Å². The van der Waals surface area contributed by atoms with Crippen LogP contribution in [-0.4, -0.2) is 34.7 Å². The SMILES string of the molecule is CCCc1c(C)n(C)c(=O)n1Cc1ccc(-c2ccccc2-c2nn[nH]n2)cn1. The van der Waals surface area contributed by atoms with Gasteiger partial charge in [0.05, 0.1) is 12.2 Å². The molecular formula is C21H23N7O. The predicted octanol–water partition coefficient (Wildman–Crippen LogP) is 2.74. The van der Waals surface area contributed by atoms with Crippen molar-refractivity contribution in [1.82, 2.24) is 34.7 Å². The first kappa shape index (κ1) is 18.8. The molecule has 3 aromatic heterocycles. The Bertz CT molecular complexity index is 1170. The van der Waals surface area contributed by atoms with Gasteiger partial charge in [-0.1, -0.05) is 43.7 Å². The molecular weight excluding hydrogens is 366 g/mol. The Labute approximate surface area is 168 Å². The van der Waals surface area contributed by atoms with Gasteiger partial charge < -0.3 is 0 Å². The average Bonchev–Trinajstić information content (AvgIpc) is 3.35. The molecule has 0 saturated carbocycles. The van der Waals surface area contributed by atoms with Crippen LogP contribution in [-0.2, 0) is 20.0 Å². The Hall–Kier alpha value is -3.55. The van der Waals surface area contributed by atoms with Crippen molar-refractivity contribution in [3.8, 4) is 22.5 Å². The number of H-pyrrole nitrogens is 1. The summed E-state index contributed by atoms with van der Waals surface area (Å²) >= 11 is 0. The molecule has 0 spiro atoms. The Kier molecular flexibility index (Phi) is 5.07. The number of tetrazole rings is 1. The van der Waals surface area contributed by atoms with Crippen LogP contribution in [0.1, 0.15) is 30.4 Å². The standard InChI is InChI=1S/C21H23N7O/c1-4-7-19-14(2)27(3)21(29)28(19)13-16-11-10-15(12-22-16)17-8-5-6-9-18(17)20-23-25-26-24-20/h5-6,8-12H,4,7,13H2,1-3H3,(H,23,24,25,26). The normalized spacial score (nSPS) is 11.1. The first-order chi connectivity index (χ1) is 14.1. The third-order valence-electron chi connectivity index (χ3n) is 5.22. The zero-order chi connectivity index (χ0) is 20.4. The number of aromatic amines is 1. The molecule has 1 aromatic carbocycles. The Balaban J connectivity index is 1.66. The maximum absolute atomic E-state index is 12.6. The highest BCUT2D eigenvalue weighted by atomic mass is 16.1. The number of rotatable bonds is 6. The molecule has 1 N–H and O–H groups in total. The number of imidazole rings is 1. The summed E-state index contributed by atoms with van der Waals surface area (Å²) in [4.78, 5) is 17.3. The van der Waals surface area contributed by atoms with Gasteiger partial charge in [0, 0.05) is 35.8 Å². The molecule has 4 rings (SSSR count). The van der Waals surface area contributed by atoms with E-state index in [1.807, 2.05) is 61.1 Å². The number of hydrogen-bond donors (Lipinski definition) is 1. The van der Waals surface area contributed by atoms with Crippen LogP contribution in [0.25, 0.3) is 22.5 Å². The summed E-state index contributed by atoms with van der Waals surface area (Å²) in [7, 11) is 1.82. The Morgan fingerprint density at radius 1 is 1.10 bits per heavy atom. The fraction of sp³-hybridized carbons (Fsp3) is 0.286. The molecule has 8 nitrogen and oxygen atoms in total. The minimum atomic E-state index is -0.000668. The lowest BCUT2D eigenvalue weighted by atomic mass is 10.0. The molecule has 0 aliphatic heterocycles. The third kappa shape index (κ3) is 3.49. The smallest absolute Gasteiger partial charge is 0.299 e. The summed E-state index contributed by atoms with van der Waals surface area (Å²) in [5.74, 6) is 0.542. The second-order valence-electron chi connectivity index (χ2n) is 7.03. The van der Waals surface area contributed by atoms with Gasteiger partial charge in [-0.15, -0.1) is 10.2 Å². The lowest BCUT2D eigenvalue weighted by Crippen LogP contribution is -2.24. The van der Waals surface area contributed by atoms with Gasteiger partial charge in [-0.25, -0.2) is 4.79 Å². The topological polar surface area (TPSA) is 94.3 Å². The maximum Gasteiger partial charge on any atom is 0.328 e. The summed E-state index contributed by atoms with van der Waals surface area (Å²) in [5.41, 5.74) is 5.76. The molecule has 0 fully saturated rings. The van der Waals surface area contributed by atoms with E-state index < -0.39 is 0 Å². The summed E-state index contributed by atoms with van der Waals surface area (Å²) in [6.07, 6.45) is 3.69. The zero-order valence-corrected chi connectivity index (χ0v) is 16.8. The van der Waals surface area contributed by atoms with Crippen molar-refractivity contribution in [2.45, 2.75) is 33.2 Å². The van der Waals surface area contributed by atoms with Crippen LogP contribution in [0.4, 0.5) is 0 Å². The Morgan fingerprint density at radius 3 is 2.55 bits per heavy atom. The van der Waals surface area contributed by atoms with Crippen LogP contribution in [0, 0.1) is 6.92 Å². The first-order valence-corrected chi connectivity index (χ1v) is 9.63. The van der Waals surface area contributed by atoms with Gasteiger partial charge in [-0.05, 0) is 30.2 Å². The van der Waals surface area contributed by atoms with Crippen molar-refractivity contribution in [1.29, 1.82) is 0 Å². The number of pyridine rings is 1. The largest absolute Gasteiger partial charge is 0.328 e. The van der Waals surface area contributed by atoms with E-state index in [2.05, 4.69) is 32.5 Å². The number of nitrogens with one attached hydrogen (secondary N) is 1. The zero-order valence-electron chi connectivity index (χ0n) is 16.8. The van der Waals surface area contributed by atoms with Crippen LogP contribution in [0.15, 0.2) is 47.4 Å². The second kappa shape index (κ2) is 7.83. The summed E-state index contributed by atoms with van der Waals surface area (Å²) in [5, 5.41) is 14.3. The van der Waals surface area contributed by atoms with Crippen LogP contribution < -0.4 is 5.69 Å². The highest BCUT2D eigenvalue weighted by Crippen LogP contribution is 2.29. The molecule has 0 saturated heterocycles. The molecule has 29 heavy (non-hydrogen) atoms. The summed E-state index contributed by atoms with van der Waals surface area (Å²) < 4.78 is 3.54. The Morgan fingerprint density at radius 2 is 1.90 bits per heavy atom. The molecule has 0 unspecified atom stereocenters. The molecule has 0 amide bonds. The van der Waals surface area contributed by atoms with Gasteiger partial charge in [-0.3, -0.25) is 14.1 Å². The monoisotopic (exact) mass is 389 g/mol. The predicted molar refractivity (Wildman–Crippen MR) is 110 cm³/mol. The molecule has 0 aliphatic rings. The maximum atomic E-state index is 12.6. The van der Waals surface area contributed by atoms with Crippen molar-refractivity contribution in [2.24, 2.45) is 7.05 Å². The molecule has 0 atom stereocenters. The summed E-state index contributed by atoms with van der Waals surface area (Å²) in [6, 6.07) is 11.9. The highest BCUT2D eigenvalue weighted by Gasteiger charge is 2.15. The van der Waals surface area contributed by atoms with E-state index in [4.69, 9.17) is 0 Å². The van der Waals surface area contributed by atoms with Crippen molar-refractivity contribution in [3.63, 3.8) is 0 Å². The molecule has 8 heteroatoms. The van der Waals surface area contributed by atoms with Gasteiger partial charge in [0.2, 0.25) is 5.82 Å². The number of benzene rings is 1. The number of nitrogens with zero attached hydrogens (tertiary/aromatic N) is 6. The van der Waals surface area contributed by atoms with Crippen LogP contribution in [0.2, 0.25) is 0 Å². The lowest BCUT2D eigenvalue weighted by molar-refractivity contribution is 0.669. The van der Waals surface area contributed by atoms with Crippen LogP contribution in [0.3, 0.4) is 0 Å². The van der Waals surface area contributed by atoms with Crippen molar-refractivity contribution >= 4 is 0 Å². The molecule has 148 valence electrons. The van der Waals surface area contributed by atoms with Gasteiger partial charge >= 0.3 is 5.69 Å². The van der Waals surface area contributed by atoms with E-state index in [1.54, 1.807) is 4.57 Å². The van der Waals surface area contributed by atoms with Gasteiger partial charge in [-0.2, -0.15) is 5.21 Å². The molecule has 0 aliphatic carbocycles. The molecule has 4 aromatic rings. The number of hydrogen-bond acceptors (Lipinski definition) is 5. The second-order valence-corrected chi connectivity index (χ2v) is 7.03. The summed E-state index contributed by atoms with van der Waals surface area (Å²) in [6.45, 7) is 4.58. The first-order valence-electron chi connectivity index (χ1n) is 9.63. The van der Waals surface area contributed by atoms with E-state index in [1.165, 1.54) is 0 Å². The van der Waals surface area contributed by atoms with E-state index in [-0.39, 0.29) is 5.69 Å². The van der Waals surface area contributed by atoms with Crippen molar-refractivity contribution in [3.05, 3.63) is 70.2 Å². The van der Waals surface area contributed by atoms with Crippen LogP contribution in [0.5, 0.6) is 0 Å². The minimum Gasteiger partial charge on any atom is -0.299 e. The molecule has 0 radical (unpaired) electrons. The fourth-order valence-corrected chi connectivity index (χ4v) is 3.59.